The van der Waals surface area contributed by atoms with Gasteiger partial charge in [0.15, 0.2) is 0 Å². The lowest BCUT2D eigenvalue weighted by Gasteiger charge is -2.37. The van der Waals surface area contributed by atoms with Crippen molar-refractivity contribution in [2.24, 2.45) is 0 Å². The molecule has 2 aliphatic heterocycles. The zero-order valence-electron chi connectivity index (χ0n) is 31.5. The standard InChI is InChI=1S/C40H56N4O7/c1-10-13-14-15-16-17-31(42-37(48)51-38(6,7)8)35(46)44-25-40(24-32(44)34(45)43-39(9,21-11-2)36(47)49-12-3)22-20-28-29-23-26(4)18-19-30(29)41-27(5)33(28)50-40/h10-11,18-19,23,31-32H,1-2,12-17,20-22,24-25H2,3-9H3,(H,42,48)(H,43,45). The van der Waals surface area contributed by atoms with Crippen molar-refractivity contribution in [1.82, 2.24) is 20.5 Å². The number of nitrogens with zero attached hydrogens (tertiary/aromatic N) is 2. The van der Waals surface area contributed by atoms with Crippen LogP contribution in [-0.4, -0.2) is 75.7 Å². The first-order valence-electron chi connectivity index (χ1n) is 18.1. The predicted octanol–water partition coefficient (Wildman–Crippen LogP) is 6.56. The number of allylic oxidation sites excluding steroid dienone is 1. The van der Waals surface area contributed by atoms with Crippen molar-refractivity contribution in [2.75, 3.05) is 13.2 Å². The molecule has 1 fully saturated rings. The summed E-state index contributed by atoms with van der Waals surface area (Å²) in [5, 5.41) is 6.73. The van der Waals surface area contributed by atoms with Gasteiger partial charge in [0.25, 0.3) is 0 Å². The molecule has 3 amide bonds. The van der Waals surface area contributed by atoms with Gasteiger partial charge in [0.2, 0.25) is 11.8 Å². The van der Waals surface area contributed by atoms with Gasteiger partial charge in [-0.1, -0.05) is 36.6 Å². The number of pyridine rings is 1. The van der Waals surface area contributed by atoms with E-state index in [4.69, 9.17) is 19.2 Å². The Labute approximate surface area is 302 Å². The number of carbonyl (C=O) groups excluding carboxylic acids is 4. The van der Waals surface area contributed by atoms with Gasteiger partial charge >= 0.3 is 12.1 Å². The SMILES string of the molecule is C=CCCCCCC(NC(=O)OC(C)(C)C)C(=O)N1CC2(CCc3c(c(C)nc4ccc(C)cc34)O2)CC1C(=O)NC(C)(CC=C)C(=O)OCC. The average Bonchev–Trinajstić information content (AvgIpc) is 3.42. The van der Waals surface area contributed by atoms with Crippen molar-refractivity contribution in [3.63, 3.8) is 0 Å². The summed E-state index contributed by atoms with van der Waals surface area (Å²) in [5.41, 5.74) is 0.703. The highest BCUT2D eigenvalue weighted by Crippen LogP contribution is 2.45. The number of amides is 3. The van der Waals surface area contributed by atoms with Gasteiger partial charge in [-0.3, -0.25) is 9.59 Å². The number of aryl methyl sites for hydroxylation is 3. The molecule has 51 heavy (non-hydrogen) atoms. The number of likely N-dealkylation sites (tertiary alicyclic amines) is 1. The van der Waals surface area contributed by atoms with Crippen LogP contribution < -0.4 is 15.4 Å². The minimum absolute atomic E-state index is 0.106. The van der Waals surface area contributed by atoms with E-state index < -0.39 is 52.7 Å². The Morgan fingerprint density at radius 2 is 1.86 bits per heavy atom. The topological polar surface area (TPSA) is 136 Å². The number of carbonyl (C=O) groups is 4. The van der Waals surface area contributed by atoms with E-state index in [1.165, 1.54) is 4.90 Å². The third-order valence-electron chi connectivity index (χ3n) is 9.57. The number of aromatic nitrogens is 1. The highest BCUT2D eigenvalue weighted by molar-refractivity contribution is 5.95. The molecule has 4 atom stereocenters. The van der Waals surface area contributed by atoms with Gasteiger partial charge in [0.1, 0.15) is 34.6 Å². The van der Waals surface area contributed by atoms with Gasteiger partial charge < -0.3 is 29.7 Å². The summed E-state index contributed by atoms with van der Waals surface area (Å²) < 4.78 is 17.7. The van der Waals surface area contributed by atoms with E-state index in [0.29, 0.717) is 31.4 Å². The van der Waals surface area contributed by atoms with Gasteiger partial charge in [-0.05, 0) is 99.1 Å². The Morgan fingerprint density at radius 3 is 2.53 bits per heavy atom. The molecule has 2 N–H and O–H groups in total. The summed E-state index contributed by atoms with van der Waals surface area (Å²) in [6, 6.07) is 4.20. The van der Waals surface area contributed by atoms with E-state index >= 15 is 0 Å². The summed E-state index contributed by atoms with van der Waals surface area (Å²) in [5.74, 6) is -0.861. The van der Waals surface area contributed by atoms with E-state index in [9.17, 15) is 19.2 Å². The molecular weight excluding hydrogens is 648 g/mol. The summed E-state index contributed by atoms with van der Waals surface area (Å²) in [7, 11) is 0. The number of alkyl carbamates (subject to hydrolysis) is 1. The third kappa shape index (κ3) is 9.48. The molecule has 278 valence electrons. The summed E-state index contributed by atoms with van der Waals surface area (Å²) in [4.78, 5) is 61.5. The van der Waals surface area contributed by atoms with E-state index in [1.807, 2.05) is 32.1 Å². The lowest BCUT2D eigenvalue weighted by atomic mass is 9.86. The number of unbranched alkanes of at least 4 members (excludes halogenated alkanes) is 3. The zero-order valence-corrected chi connectivity index (χ0v) is 31.5. The van der Waals surface area contributed by atoms with Crippen LogP contribution >= 0.6 is 0 Å². The molecule has 4 rings (SSSR count). The maximum absolute atomic E-state index is 14.6. The van der Waals surface area contributed by atoms with Crippen LogP contribution in [0, 0.1) is 13.8 Å². The van der Waals surface area contributed by atoms with Gasteiger partial charge in [-0.2, -0.15) is 0 Å². The molecule has 0 bridgehead atoms. The van der Waals surface area contributed by atoms with Gasteiger partial charge in [0.05, 0.1) is 24.4 Å². The lowest BCUT2D eigenvalue weighted by molar-refractivity contribution is -0.153. The first-order valence-corrected chi connectivity index (χ1v) is 18.1. The molecule has 11 nitrogen and oxygen atoms in total. The molecule has 1 aromatic heterocycles. The predicted molar refractivity (Wildman–Crippen MR) is 197 cm³/mol. The number of ether oxygens (including phenoxy) is 3. The van der Waals surface area contributed by atoms with E-state index in [1.54, 1.807) is 40.7 Å². The molecule has 0 aliphatic carbocycles. The van der Waals surface area contributed by atoms with E-state index in [-0.39, 0.29) is 26.0 Å². The molecule has 3 heterocycles. The van der Waals surface area contributed by atoms with Crippen LogP contribution in [0.1, 0.15) is 103 Å². The minimum atomic E-state index is -1.41. The van der Waals surface area contributed by atoms with Crippen LogP contribution in [0.25, 0.3) is 10.9 Å². The Morgan fingerprint density at radius 1 is 1.12 bits per heavy atom. The second-order valence-corrected chi connectivity index (χ2v) is 15.2. The molecule has 0 radical (unpaired) electrons. The van der Waals surface area contributed by atoms with E-state index in [0.717, 1.165) is 47.0 Å². The fourth-order valence-corrected chi connectivity index (χ4v) is 7.07. The number of benzene rings is 1. The molecule has 11 heteroatoms. The fraction of sp³-hybridized carbons (Fsp3) is 0.575. The Bertz CT molecular complexity index is 1650. The molecule has 2 aromatic rings. The average molecular weight is 705 g/mol. The monoisotopic (exact) mass is 704 g/mol. The van der Waals surface area contributed by atoms with Crippen molar-refractivity contribution < 1.29 is 33.4 Å². The number of hydrogen-bond acceptors (Lipinski definition) is 8. The second kappa shape index (κ2) is 16.3. The number of esters is 1. The normalized spacial score (nSPS) is 20.1. The Kier molecular flexibility index (Phi) is 12.6. The van der Waals surface area contributed by atoms with Gasteiger partial charge in [-0.25, -0.2) is 14.6 Å². The Balaban J connectivity index is 1.72. The molecule has 1 spiro atoms. The molecule has 4 unspecified atom stereocenters. The number of fused-ring (bicyclic) bond motifs is 3. The summed E-state index contributed by atoms with van der Waals surface area (Å²) in [6.45, 7) is 20.3. The van der Waals surface area contributed by atoms with Crippen LogP contribution in [0.3, 0.4) is 0 Å². The van der Waals surface area contributed by atoms with Crippen LogP contribution in [0.2, 0.25) is 0 Å². The van der Waals surface area contributed by atoms with Gasteiger partial charge in [-0.15, -0.1) is 13.2 Å². The van der Waals surface area contributed by atoms with Crippen molar-refractivity contribution in [3.05, 3.63) is 60.3 Å². The lowest BCUT2D eigenvalue weighted by Crippen LogP contribution is -2.59. The van der Waals surface area contributed by atoms with Gasteiger partial charge in [0, 0.05) is 17.4 Å². The Hall–Kier alpha value is -4.41. The first-order chi connectivity index (χ1) is 24.0. The quantitative estimate of drug-likeness (QED) is 0.128. The third-order valence-corrected chi connectivity index (χ3v) is 9.57. The highest BCUT2D eigenvalue weighted by atomic mass is 16.6. The molecule has 1 aromatic carbocycles. The zero-order chi connectivity index (χ0) is 37.6. The van der Waals surface area contributed by atoms with Crippen molar-refractivity contribution in [3.8, 4) is 5.75 Å². The van der Waals surface area contributed by atoms with E-state index in [2.05, 4.69) is 29.9 Å². The first kappa shape index (κ1) is 39.4. The molecule has 1 saturated heterocycles. The van der Waals surface area contributed by atoms with Crippen LogP contribution in [0.15, 0.2) is 43.5 Å². The van der Waals surface area contributed by atoms with Crippen LogP contribution in [0.4, 0.5) is 4.79 Å². The maximum Gasteiger partial charge on any atom is 0.408 e. The van der Waals surface area contributed by atoms with Crippen molar-refractivity contribution in [2.45, 2.75) is 135 Å². The molecular formula is C40H56N4O7. The summed E-state index contributed by atoms with van der Waals surface area (Å²) >= 11 is 0. The number of hydrogen-bond donors (Lipinski definition) is 2. The number of nitrogens with one attached hydrogen (secondary N) is 2. The van der Waals surface area contributed by atoms with Crippen molar-refractivity contribution in [1.29, 1.82) is 0 Å². The van der Waals surface area contributed by atoms with Crippen LogP contribution in [0.5, 0.6) is 5.75 Å². The summed E-state index contributed by atoms with van der Waals surface area (Å²) in [6.07, 6.45) is 7.80. The fourth-order valence-electron chi connectivity index (χ4n) is 7.07. The maximum atomic E-state index is 14.6. The smallest absolute Gasteiger partial charge is 0.408 e. The highest BCUT2D eigenvalue weighted by Gasteiger charge is 2.54. The largest absolute Gasteiger partial charge is 0.483 e. The molecule has 0 saturated carbocycles. The van der Waals surface area contributed by atoms with Crippen LogP contribution in [-0.2, 0) is 30.3 Å². The molecule has 2 aliphatic rings. The van der Waals surface area contributed by atoms with Crippen molar-refractivity contribution >= 4 is 34.8 Å². The number of rotatable bonds is 14. The minimum Gasteiger partial charge on any atom is -0.483 e. The second-order valence-electron chi connectivity index (χ2n) is 15.2.